The van der Waals surface area contributed by atoms with E-state index < -0.39 is 24.9 Å². The summed E-state index contributed by atoms with van der Waals surface area (Å²) in [6, 6.07) is 0. The Morgan fingerprint density at radius 2 is 1.60 bits per heavy atom. The van der Waals surface area contributed by atoms with Gasteiger partial charge in [-0.05, 0) is 6.92 Å². The van der Waals surface area contributed by atoms with Crippen molar-refractivity contribution in [2.45, 2.75) is 24.9 Å². The van der Waals surface area contributed by atoms with Gasteiger partial charge in [0.2, 0.25) is 6.43 Å². The van der Waals surface area contributed by atoms with Gasteiger partial charge in [0.05, 0.1) is 6.42 Å². The van der Waals surface area contributed by atoms with Crippen LogP contribution in [0, 0.1) is 6.92 Å². The number of rotatable bonds is 3. The molecule has 1 unspecified atom stereocenters. The van der Waals surface area contributed by atoms with Crippen molar-refractivity contribution < 1.29 is 22.0 Å². The molecule has 0 aliphatic heterocycles. The van der Waals surface area contributed by atoms with Crippen molar-refractivity contribution >= 4 is 0 Å². The van der Waals surface area contributed by atoms with E-state index in [1.807, 2.05) is 0 Å². The Labute approximate surface area is 55.0 Å². The summed E-state index contributed by atoms with van der Waals surface area (Å²) in [7, 11) is 0. The second-order valence-electron chi connectivity index (χ2n) is 1.82. The fourth-order valence-electron chi connectivity index (χ4n) is 0.334. The average Bonchev–Trinajstić information content (AvgIpc) is 1.60. The number of hydrogen-bond donors (Lipinski definition) is 0. The first-order chi connectivity index (χ1) is 4.36. The van der Waals surface area contributed by atoms with Gasteiger partial charge in [0.25, 0.3) is 5.92 Å². The van der Waals surface area contributed by atoms with Crippen LogP contribution in [0.25, 0.3) is 0 Å². The molecule has 0 aromatic rings. The van der Waals surface area contributed by atoms with Crippen molar-refractivity contribution in [1.29, 1.82) is 0 Å². The molecular formula is C5H6F5. The maximum absolute atomic E-state index is 11.9. The summed E-state index contributed by atoms with van der Waals surface area (Å²) in [5, 5.41) is 0. The average molecular weight is 161 g/mol. The van der Waals surface area contributed by atoms with E-state index in [-0.39, 0.29) is 0 Å². The van der Waals surface area contributed by atoms with E-state index in [0.717, 1.165) is 0 Å². The lowest BCUT2D eigenvalue weighted by Gasteiger charge is -2.16. The largest absolute Gasteiger partial charge is 0.284 e. The third-order valence-electron chi connectivity index (χ3n) is 0.885. The van der Waals surface area contributed by atoms with E-state index in [1.54, 1.807) is 0 Å². The summed E-state index contributed by atoms with van der Waals surface area (Å²) in [4.78, 5) is 0. The summed E-state index contributed by atoms with van der Waals surface area (Å²) in [5.74, 6) is -4.01. The molecule has 0 aromatic heterocycles. The molecule has 5 heteroatoms. The van der Waals surface area contributed by atoms with Crippen LogP contribution in [0.1, 0.15) is 6.42 Å². The Morgan fingerprint density at radius 1 is 1.20 bits per heavy atom. The van der Waals surface area contributed by atoms with Crippen molar-refractivity contribution in [3.63, 3.8) is 0 Å². The van der Waals surface area contributed by atoms with Crippen molar-refractivity contribution in [2.24, 2.45) is 0 Å². The molecule has 0 rings (SSSR count). The summed E-state index contributed by atoms with van der Waals surface area (Å²) < 4.78 is 57.8. The van der Waals surface area contributed by atoms with Gasteiger partial charge < -0.3 is 0 Å². The number of alkyl halides is 5. The van der Waals surface area contributed by atoms with Crippen molar-refractivity contribution in [3.8, 4) is 0 Å². The SMILES string of the molecule is [CH2]C(F)C(F)(F)CC(F)F. The third-order valence-corrected chi connectivity index (χ3v) is 0.885. The van der Waals surface area contributed by atoms with Crippen LogP contribution in [-0.2, 0) is 0 Å². The van der Waals surface area contributed by atoms with Crippen LogP contribution in [0.3, 0.4) is 0 Å². The third kappa shape index (κ3) is 2.98. The monoisotopic (exact) mass is 161 g/mol. The van der Waals surface area contributed by atoms with Crippen LogP contribution < -0.4 is 0 Å². The number of halogens is 5. The van der Waals surface area contributed by atoms with E-state index in [2.05, 4.69) is 6.92 Å². The molecule has 0 spiro atoms. The Hall–Kier alpha value is -0.350. The van der Waals surface area contributed by atoms with E-state index in [4.69, 9.17) is 0 Å². The summed E-state index contributed by atoms with van der Waals surface area (Å²) >= 11 is 0. The Balaban J connectivity index is 3.87. The molecule has 0 saturated carbocycles. The Bertz CT molecular complexity index is 98.2. The minimum Gasteiger partial charge on any atom is -0.241 e. The minimum atomic E-state index is -4.01. The molecule has 0 fully saturated rings. The molecule has 0 amide bonds. The van der Waals surface area contributed by atoms with Gasteiger partial charge >= 0.3 is 0 Å². The zero-order valence-corrected chi connectivity index (χ0v) is 4.96. The molecule has 0 heterocycles. The van der Waals surface area contributed by atoms with Crippen LogP contribution in [0.2, 0.25) is 0 Å². The Kier molecular flexibility index (Phi) is 3.05. The van der Waals surface area contributed by atoms with Gasteiger partial charge in [-0.25, -0.2) is 22.0 Å². The van der Waals surface area contributed by atoms with E-state index in [1.165, 1.54) is 0 Å². The predicted octanol–water partition coefficient (Wildman–Crippen LogP) is 2.45. The van der Waals surface area contributed by atoms with Crippen LogP contribution in [-0.4, -0.2) is 18.5 Å². The zero-order chi connectivity index (χ0) is 8.36. The predicted molar refractivity (Wildman–Crippen MR) is 25.8 cm³/mol. The van der Waals surface area contributed by atoms with Crippen LogP contribution >= 0.6 is 0 Å². The summed E-state index contributed by atoms with van der Waals surface area (Å²) in [6.07, 6.45) is -7.73. The molecule has 61 valence electrons. The fourth-order valence-corrected chi connectivity index (χ4v) is 0.334. The van der Waals surface area contributed by atoms with Gasteiger partial charge in [0, 0.05) is 0 Å². The molecule has 0 aliphatic carbocycles. The lowest BCUT2D eigenvalue weighted by Crippen LogP contribution is -2.30. The maximum Gasteiger partial charge on any atom is 0.284 e. The molecule has 0 aromatic carbocycles. The standard InChI is InChI=1S/C5H6F5/c1-3(6)5(9,10)2-4(7)8/h3-4H,1-2H2. The molecule has 0 nitrogen and oxygen atoms in total. The second kappa shape index (κ2) is 3.16. The van der Waals surface area contributed by atoms with Crippen LogP contribution in [0.15, 0.2) is 0 Å². The minimum absolute atomic E-state index is 1.77. The van der Waals surface area contributed by atoms with Gasteiger partial charge in [-0.3, -0.25) is 0 Å². The highest BCUT2D eigenvalue weighted by Crippen LogP contribution is 2.27. The molecule has 1 radical (unpaired) electrons. The highest BCUT2D eigenvalue weighted by molar-refractivity contribution is 4.79. The van der Waals surface area contributed by atoms with E-state index in [9.17, 15) is 22.0 Å². The van der Waals surface area contributed by atoms with Crippen molar-refractivity contribution in [2.75, 3.05) is 0 Å². The number of hydrogen-bond acceptors (Lipinski definition) is 0. The summed E-state index contributed by atoms with van der Waals surface area (Å²) in [5.41, 5.74) is 0. The zero-order valence-electron chi connectivity index (χ0n) is 4.96. The maximum atomic E-state index is 11.9. The first-order valence-electron chi connectivity index (χ1n) is 2.49. The first-order valence-corrected chi connectivity index (χ1v) is 2.49. The molecule has 1 atom stereocenters. The molecule has 0 bridgehead atoms. The van der Waals surface area contributed by atoms with Crippen molar-refractivity contribution in [3.05, 3.63) is 6.92 Å². The highest BCUT2D eigenvalue weighted by Gasteiger charge is 2.39. The van der Waals surface area contributed by atoms with E-state index >= 15 is 0 Å². The normalized spacial score (nSPS) is 15.9. The second-order valence-corrected chi connectivity index (χ2v) is 1.82. The smallest absolute Gasteiger partial charge is 0.241 e. The van der Waals surface area contributed by atoms with Crippen molar-refractivity contribution in [1.82, 2.24) is 0 Å². The lowest BCUT2D eigenvalue weighted by atomic mass is 10.2. The molecule has 0 saturated heterocycles. The molecule has 10 heavy (non-hydrogen) atoms. The first kappa shape index (κ1) is 9.65. The van der Waals surface area contributed by atoms with Gasteiger partial charge in [-0.1, -0.05) is 0 Å². The van der Waals surface area contributed by atoms with Gasteiger partial charge in [0.1, 0.15) is 0 Å². The van der Waals surface area contributed by atoms with Crippen LogP contribution in [0.5, 0.6) is 0 Å². The highest BCUT2D eigenvalue weighted by atomic mass is 19.3. The van der Waals surface area contributed by atoms with E-state index in [0.29, 0.717) is 0 Å². The summed E-state index contributed by atoms with van der Waals surface area (Å²) in [6.45, 7) is 2.31. The van der Waals surface area contributed by atoms with Crippen LogP contribution in [0.4, 0.5) is 22.0 Å². The fraction of sp³-hybridized carbons (Fsp3) is 0.800. The molecule has 0 aliphatic rings. The lowest BCUT2D eigenvalue weighted by molar-refractivity contribution is -0.0939. The molecule has 0 N–H and O–H groups in total. The molecular weight excluding hydrogens is 155 g/mol. The van der Waals surface area contributed by atoms with Gasteiger partial charge in [0.15, 0.2) is 6.17 Å². The topological polar surface area (TPSA) is 0 Å². The quantitative estimate of drug-likeness (QED) is 0.557. The van der Waals surface area contributed by atoms with Gasteiger partial charge in [-0.2, -0.15) is 0 Å². The Morgan fingerprint density at radius 3 is 1.70 bits per heavy atom. The van der Waals surface area contributed by atoms with Gasteiger partial charge in [-0.15, -0.1) is 0 Å².